The lowest BCUT2D eigenvalue weighted by atomic mass is 10.2. The smallest absolute Gasteiger partial charge is 0.253 e. The van der Waals surface area contributed by atoms with Crippen LogP contribution in [0.25, 0.3) is 0 Å². The van der Waals surface area contributed by atoms with Gasteiger partial charge in [-0.3, -0.25) is 4.57 Å². The highest BCUT2D eigenvalue weighted by molar-refractivity contribution is 7.70. The lowest BCUT2D eigenvalue weighted by Gasteiger charge is -2.13. The molecule has 0 bridgehead atoms. The van der Waals surface area contributed by atoms with Gasteiger partial charge in [-0.1, -0.05) is 24.3 Å². The minimum atomic E-state index is -2.83. The Kier molecular flexibility index (Phi) is 7.34. The highest BCUT2D eigenvalue weighted by atomic mass is 35.5. The van der Waals surface area contributed by atoms with Gasteiger partial charge in [-0.25, -0.2) is 0 Å². The molecule has 0 aliphatic heterocycles. The van der Waals surface area contributed by atoms with Crippen LogP contribution in [-0.2, 0) is 9.09 Å². The number of unbranched alkanes of at least 4 members (excludes halogenated alkanes) is 2. The zero-order chi connectivity index (χ0) is 13.3. The van der Waals surface area contributed by atoms with Crippen LogP contribution in [0.3, 0.4) is 0 Å². The molecule has 1 atom stereocenters. The lowest BCUT2D eigenvalue weighted by Crippen LogP contribution is -2.05. The SMILES string of the molecule is CCOP(=O)(/C=C/CCCCCl)c1ccccc1. The van der Waals surface area contributed by atoms with Crippen LogP contribution >= 0.6 is 19.0 Å². The summed E-state index contributed by atoms with van der Waals surface area (Å²) in [5.41, 5.74) is 0. The number of alkyl halides is 1. The molecule has 1 unspecified atom stereocenters. The van der Waals surface area contributed by atoms with Crippen molar-refractivity contribution >= 4 is 24.3 Å². The third kappa shape index (κ3) is 4.97. The van der Waals surface area contributed by atoms with E-state index in [9.17, 15) is 4.57 Å². The van der Waals surface area contributed by atoms with Crippen molar-refractivity contribution in [3.8, 4) is 0 Å². The van der Waals surface area contributed by atoms with Crippen LogP contribution in [0.1, 0.15) is 26.2 Å². The van der Waals surface area contributed by atoms with Crippen molar-refractivity contribution in [1.29, 1.82) is 0 Å². The molecule has 0 amide bonds. The first-order chi connectivity index (χ1) is 8.73. The highest BCUT2D eigenvalue weighted by Gasteiger charge is 2.20. The molecule has 0 radical (unpaired) electrons. The standard InChI is InChI=1S/C14H20ClO2P/c1-2-17-18(16,13-9-4-3-8-12-15)14-10-6-5-7-11-14/h5-7,9-11,13H,2-4,8,12H2,1H3/b13-9+. The molecule has 0 saturated heterocycles. The van der Waals surface area contributed by atoms with Crippen LogP contribution < -0.4 is 5.30 Å². The van der Waals surface area contributed by atoms with Gasteiger partial charge in [-0.2, -0.15) is 0 Å². The molecule has 4 heteroatoms. The Bertz CT molecular complexity index is 404. The highest BCUT2D eigenvalue weighted by Crippen LogP contribution is 2.47. The van der Waals surface area contributed by atoms with Crippen LogP contribution in [0.5, 0.6) is 0 Å². The number of allylic oxidation sites excluding steroid dienone is 1. The van der Waals surface area contributed by atoms with Crippen molar-refractivity contribution in [2.24, 2.45) is 0 Å². The van der Waals surface area contributed by atoms with Crippen molar-refractivity contribution in [3.05, 3.63) is 42.2 Å². The summed E-state index contributed by atoms with van der Waals surface area (Å²) in [5.74, 6) is 2.40. The molecule has 0 N–H and O–H groups in total. The second-order valence-electron chi connectivity index (χ2n) is 3.92. The normalized spacial score (nSPS) is 14.8. The third-order valence-corrected chi connectivity index (χ3v) is 5.02. The zero-order valence-electron chi connectivity index (χ0n) is 10.7. The Hall–Kier alpha value is -0.560. The second kappa shape index (κ2) is 8.53. The Balaban J connectivity index is 2.72. The number of halogens is 1. The van der Waals surface area contributed by atoms with Gasteiger partial charge in [0.2, 0.25) is 0 Å². The molecule has 0 spiro atoms. The molecular weight excluding hydrogens is 267 g/mol. The van der Waals surface area contributed by atoms with Gasteiger partial charge in [0.25, 0.3) is 7.37 Å². The van der Waals surface area contributed by atoms with E-state index in [-0.39, 0.29) is 0 Å². The maximum atomic E-state index is 12.7. The molecule has 0 aromatic heterocycles. The summed E-state index contributed by atoms with van der Waals surface area (Å²) < 4.78 is 18.2. The van der Waals surface area contributed by atoms with E-state index < -0.39 is 7.37 Å². The van der Waals surface area contributed by atoms with E-state index in [2.05, 4.69) is 0 Å². The van der Waals surface area contributed by atoms with Gasteiger partial charge in [0.15, 0.2) is 0 Å². The van der Waals surface area contributed by atoms with E-state index in [1.54, 1.807) is 5.82 Å². The van der Waals surface area contributed by atoms with Crippen LogP contribution in [0.15, 0.2) is 42.2 Å². The molecule has 0 aliphatic carbocycles. The lowest BCUT2D eigenvalue weighted by molar-refractivity contribution is 0.347. The average Bonchev–Trinajstić information content (AvgIpc) is 2.40. The number of benzene rings is 1. The summed E-state index contributed by atoms with van der Waals surface area (Å²) >= 11 is 5.61. The predicted octanol–water partition coefficient (Wildman–Crippen LogP) is 4.55. The van der Waals surface area contributed by atoms with E-state index in [0.717, 1.165) is 24.6 Å². The van der Waals surface area contributed by atoms with Crippen molar-refractivity contribution in [2.45, 2.75) is 26.2 Å². The summed E-state index contributed by atoms with van der Waals surface area (Å²) in [6.45, 7) is 2.30. The fraction of sp³-hybridized carbons (Fsp3) is 0.429. The quantitative estimate of drug-likeness (QED) is 0.398. The molecule has 2 nitrogen and oxygen atoms in total. The predicted molar refractivity (Wildman–Crippen MR) is 79.0 cm³/mol. The van der Waals surface area contributed by atoms with Gasteiger partial charge in [-0.05, 0) is 38.3 Å². The first-order valence-corrected chi connectivity index (χ1v) is 8.49. The van der Waals surface area contributed by atoms with E-state index in [4.69, 9.17) is 16.1 Å². The van der Waals surface area contributed by atoms with Gasteiger partial charge in [0.1, 0.15) is 0 Å². The van der Waals surface area contributed by atoms with Crippen LogP contribution in [0.4, 0.5) is 0 Å². The van der Waals surface area contributed by atoms with Gasteiger partial charge in [-0.15, -0.1) is 11.6 Å². The molecule has 0 heterocycles. The van der Waals surface area contributed by atoms with Gasteiger partial charge >= 0.3 is 0 Å². The monoisotopic (exact) mass is 286 g/mol. The van der Waals surface area contributed by atoms with Crippen LogP contribution in [-0.4, -0.2) is 12.5 Å². The van der Waals surface area contributed by atoms with Crippen LogP contribution in [0, 0.1) is 0 Å². The van der Waals surface area contributed by atoms with Crippen LogP contribution in [0.2, 0.25) is 0 Å². The molecule has 1 rings (SSSR count). The van der Waals surface area contributed by atoms with Gasteiger partial charge in [0, 0.05) is 17.0 Å². The van der Waals surface area contributed by atoms with E-state index in [1.807, 2.05) is 43.3 Å². The molecular formula is C14H20ClO2P. The minimum Gasteiger partial charge on any atom is -0.323 e. The summed E-state index contributed by atoms with van der Waals surface area (Å²) in [4.78, 5) is 0. The molecule has 100 valence electrons. The Morgan fingerprint density at radius 1 is 1.28 bits per heavy atom. The van der Waals surface area contributed by atoms with Crippen molar-refractivity contribution < 1.29 is 9.09 Å². The van der Waals surface area contributed by atoms with Crippen molar-refractivity contribution in [3.63, 3.8) is 0 Å². The topological polar surface area (TPSA) is 26.3 Å². The largest absolute Gasteiger partial charge is 0.323 e. The van der Waals surface area contributed by atoms with E-state index in [1.165, 1.54) is 0 Å². The van der Waals surface area contributed by atoms with Gasteiger partial charge in [0.05, 0.1) is 6.61 Å². The number of rotatable bonds is 8. The van der Waals surface area contributed by atoms with Gasteiger partial charge < -0.3 is 4.52 Å². The molecule has 0 aliphatic rings. The maximum Gasteiger partial charge on any atom is 0.253 e. The second-order valence-corrected chi connectivity index (χ2v) is 6.56. The van der Waals surface area contributed by atoms with E-state index >= 15 is 0 Å². The summed E-state index contributed by atoms with van der Waals surface area (Å²) in [6, 6.07) is 9.35. The molecule has 18 heavy (non-hydrogen) atoms. The first kappa shape index (κ1) is 15.5. The maximum absolute atomic E-state index is 12.7. The third-order valence-electron chi connectivity index (χ3n) is 2.49. The summed E-state index contributed by atoms with van der Waals surface area (Å²) in [6.07, 6.45) is 4.82. The summed E-state index contributed by atoms with van der Waals surface area (Å²) in [5, 5.41) is 0.750. The summed E-state index contributed by atoms with van der Waals surface area (Å²) in [7, 11) is -2.83. The fourth-order valence-electron chi connectivity index (χ4n) is 1.60. The van der Waals surface area contributed by atoms with Crippen molar-refractivity contribution in [1.82, 2.24) is 0 Å². The van der Waals surface area contributed by atoms with Crippen molar-refractivity contribution in [2.75, 3.05) is 12.5 Å². The average molecular weight is 287 g/mol. The molecule has 0 saturated carbocycles. The molecule has 1 aromatic rings. The minimum absolute atomic E-state index is 0.443. The molecule has 0 fully saturated rings. The molecule has 1 aromatic carbocycles. The Morgan fingerprint density at radius 3 is 2.61 bits per heavy atom. The Morgan fingerprint density at radius 2 is 2.00 bits per heavy atom. The number of hydrogen-bond acceptors (Lipinski definition) is 2. The Labute approximate surface area is 114 Å². The zero-order valence-corrected chi connectivity index (χ0v) is 12.4. The van der Waals surface area contributed by atoms with E-state index in [0.29, 0.717) is 12.5 Å². The first-order valence-electron chi connectivity index (χ1n) is 6.26. The number of hydrogen-bond donors (Lipinski definition) is 0. The fourth-order valence-corrected chi connectivity index (χ4v) is 3.60.